The predicted octanol–water partition coefficient (Wildman–Crippen LogP) is 6.35. The zero-order valence-corrected chi connectivity index (χ0v) is 38.8. The van der Waals surface area contributed by atoms with Gasteiger partial charge in [0.25, 0.3) is 11.8 Å². The standard InChI is InChI=1S/C51H60FN9O6/c1-5-33-26-60(27-34(6-2)55-33)47-42-24-54-45(40-23-37(63)21-32-9-7-8-10-38(32)40)44(52)46(42)56-50(57-47)67-30-51(17-18-51)29-58(4)25-31-15-19-59(20-16-31)35-11-13-39-41(22-35)49(66)61(48(39)65)36(28-62)12-14-43(64)53-3/h7-11,13,21-24,28,31,33-34,36,55,63H,5-6,12,14-20,25-27,29-30H2,1-4H3,(H,53,64). The number of imide groups is 1. The van der Waals surface area contributed by atoms with E-state index in [-0.39, 0.29) is 70.3 Å². The third-order valence-electron chi connectivity index (χ3n) is 14.3. The van der Waals surface area contributed by atoms with Crippen LogP contribution in [0.1, 0.15) is 85.9 Å². The van der Waals surface area contributed by atoms with Gasteiger partial charge < -0.3 is 40.0 Å². The van der Waals surface area contributed by atoms with Gasteiger partial charge in [-0.2, -0.15) is 9.97 Å². The van der Waals surface area contributed by atoms with E-state index in [2.05, 4.69) is 51.2 Å². The first-order chi connectivity index (χ1) is 32.4. The molecule has 0 bridgehead atoms. The van der Waals surface area contributed by atoms with Crippen LogP contribution in [0.25, 0.3) is 32.9 Å². The number of fused-ring (bicyclic) bond motifs is 3. The molecule has 4 aliphatic rings. The van der Waals surface area contributed by atoms with Crippen molar-refractivity contribution in [2.45, 2.75) is 83.3 Å². The summed E-state index contributed by atoms with van der Waals surface area (Å²) < 4.78 is 23.6. The second-order valence-electron chi connectivity index (χ2n) is 19.1. The Morgan fingerprint density at radius 3 is 2.42 bits per heavy atom. The van der Waals surface area contributed by atoms with Crippen molar-refractivity contribution in [2.24, 2.45) is 11.3 Å². The Labute approximate surface area is 390 Å². The lowest BCUT2D eigenvalue weighted by atomic mass is 9.95. The molecular weight excluding hydrogens is 854 g/mol. The average molecular weight is 914 g/mol. The van der Waals surface area contributed by atoms with Crippen LogP contribution in [0.4, 0.5) is 15.9 Å². The summed E-state index contributed by atoms with van der Waals surface area (Å²) in [6.45, 7) is 9.44. The van der Waals surface area contributed by atoms with E-state index >= 15 is 4.39 Å². The molecule has 9 rings (SSSR count). The molecule has 3 aromatic carbocycles. The number of aromatic hydroxyl groups is 1. The molecular formula is C51H60FN9O6. The van der Waals surface area contributed by atoms with Gasteiger partial charge in [-0.15, -0.1) is 0 Å². The van der Waals surface area contributed by atoms with Crippen LogP contribution in [-0.2, 0) is 9.59 Å². The lowest BCUT2D eigenvalue weighted by Crippen LogP contribution is -2.56. The second kappa shape index (κ2) is 19.2. The molecule has 3 fully saturated rings. The number of ether oxygens (including phenoxy) is 1. The van der Waals surface area contributed by atoms with Crippen molar-refractivity contribution in [1.82, 2.24) is 35.4 Å². The van der Waals surface area contributed by atoms with Gasteiger partial charge >= 0.3 is 6.01 Å². The predicted molar refractivity (Wildman–Crippen MR) is 255 cm³/mol. The van der Waals surface area contributed by atoms with Crippen molar-refractivity contribution in [1.29, 1.82) is 0 Å². The average Bonchev–Trinajstić information content (AvgIpc) is 4.07. The van der Waals surface area contributed by atoms with Gasteiger partial charge in [0, 0.05) is 87.7 Å². The fraction of sp³-hybridized carbons (Fsp3) is 0.471. The fourth-order valence-electron chi connectivity index (χ4n) is 10.3. The Morgan fingerprint density at radius 2 is 1.72 bits per heavy atom. The maximum Gasteiger partial charge on any atom is 0.319 e. The maximum atomic E-state index is 17.0. The SMILES string of the molecule is CCC1CN(c2nc(OCC3(CN(C)CC4CCN(c5ccc6c(c5)C(=O)N(C(C=O)CCC(=O)NC)C6=O)CC4)CC3)nc3c(F)c(-c4cc(O)cc5ccccc45)ncc23)CC(CC)N1. The zero-order valence-electron chi connectivity index (χ0n) is 38.8. The number of nitrogens with zero attached hydrogens (tertiary/aromatic N) is 7. The number of hydrogen-bond donors (Lipinski definition) is 3. The molecule has 1 aliphatic carbocycles. The molecule has 2 aromatic heterocycles. The van der Waals surface area contributed by atoms with Crippen molar-refractivity contribution >= 4 is 57.2 Å². The number of phenols is 1. The highest BCUT2D eigenvalue weighted by Gasteiger charge is 2.45. The normalized spacial score (nSPS) is 19.9. The van der Waals surface area contributed by atoms with Crippen LogP contribution in [0.15, 0.2) is 60.8 Å². The fourth-order valence-corrected chi connectivity index (χ4v) is 10.3. The van der Waals surface area contributed by atoms with Crippen LogP contribution in [0.3, 0.4) is 0 Å². The van der Waals surface area contributed by atoms with Crippen LogP contribution in [0, 0.1) is 17.2 Å². The van der Waals surface area contributed by atoms with Gasteiger partial charge in [-0.25, -0.2) is 4.39 Å². The minimum atomic E-state index is -1.01. The molecule has 15 nitrogen and oxygen atoms in total. The molecule has 3 atom stereocenters. The van der Waals surface area contributed by atoms with E-state index in [1.807, 2.05) is 30.3 Å². The number of aldehydes is 1. The molecule has 1 saturated carbocycles. The highest BCUT2D eigenvalue weighted by molar-refractivity contribution is 6.22. The topological polar surface area (TPSA) is 173 Å². The Bertz CT molecular complexity index is 2690. The first kappa shape index (κ1) is 45.9. The number of hydrogen-bond acceptors (Lipinski definition) is 13. The number of anilines is 2. The maximum absolute atomic E-state index is 17.0. The Morgan fingerprint density at radius 1 is 0.985 bits per heavy atom. The minimum absolute atomic E-state index is 0.0231. The smallest absolute Gasteiger partial charge is 0.319 e. The van der Waals surface area contributed by atoms with Crippen LogP contribution < -0.4 is 25.2 Å². The number of phenolic OH excluding ortho intramolecular Hbond substituents is 1. The van der Waals surface area contributed by atoms with Crippen molar-refractivity contribution in [3.05, 3.63) is 77.7 Å². The first-order valence-electron chi connectivity index (χ1n) is 23.7. The lowest BCUT2D eigenvalue weighted by Gasteiger charge is -2.39. The molecule has 3 amide bonds. The summed E-state index contributed by atoms with van der Waals surface area (Å²) in [6, 6.07) is 15.6. The van der Waals surface area contributed by atoms with E-state index in [9.17, 15) is 24.3 Å². The molecule has 5 heterocycles. The monoisotopic (exact) mass is 913 g/mol. The number of halogens is 1. The molecule has 3 N–H and O–H groups in total. The Balaban J connectivity index is 0.868. The molecule has 5 aromatic rings. The highest BCUT2D eigenvalue weighted by Crippen LogP contribution is 2.47. The molecule has 352 valence electrons. The van der Waals surface area contributed by atoms with Gasteiger partial charge in [0.1, 0.15) is 29.1 Å². The van der Waals surface area contributed by atoms with Crippen molar-refractivity contribution in [3.63, 3.8) is 0 Å². The number of amides is 3. The number of piperazine rings is 1. The number of aromatic nitrogens is 3. The zero-order chi connectivity index (χ0) is 47.0. The molecule has 67 heavy (non-hydrogen) atoms. The summed E-state index contributed by atoms with van der Waals surface area (Å²) in [4.78, 5) is 72.7. The summed E-state index contributed by atoms with van der Waals surface area (Å²) >= 11 is 0. The molecule has 2 saturated heterocycles. The van der Waals surface area contributed by atoms with Crippen molar-refractivity contribution < 1.29 is 33.4 Å². The minimum Gasteiger partial charge on any atom is -0.508 e. The highest BCUT2D eigenvalue weighted by atomic mass is 19.1. The third kappa shape index (κ3) is 9.38. The molecule has 16 heteroatoms. The van der Waals surface area contributed by atoms with E-state index in [0.29, 0.717) is 48.7 Å². The van der Waals surface area contributed by atoms with Gasteiger partial charge in [-0.1, -0.05) is 38.1 Å². The number of benzene rings is 3. The number of carbonyl (C=O) groups excluding carboxylic acids is 4. The Kier molecular flexibility index (Phi) is 13.1. The van der Waals surface area contributed by atoms with Crippen LogP contribution in [0.5, 0.6) is 11.8 Å². The quantitative estimate of drug-likeness (QED) is 0.0697. The Hall–Kier alpha value is -6.26. The third-order valence-corrected chi connectivity index (χ3v) is 14.3. The van der Waals surface area contributed by atoms with E-state index in [1.165, 1.54) is 7.05 Å². The number of rotatable bonds is 17. The largest absolute Gasteiger partial charge is 0.508 e. The summed E-state index contributed by atoms with van der Waals surface area (Å²) in [5.74, 6) is -0.793. The molecule has 3 aliphatic heterocycles. The summed E-state index contributed by atoms with van der Waals surface area (Å²) in [5, 5.41) is 18.9. The van der Waals surface area contributed by atoms with Crippen molar-refractivity contribution in [3.8, 4) is 23.0 Å². The summed E-state index contributed by atoms with van der Waals surface area (Å²) in [7, 11) is 3.65. The molecule has 0 radical (unpaired) electrons. The van der Waals surface area contributed by atoms with Gasteiger partial charge in [0.05, 0.1) is 29.2 Å². The number of carbonyl (C=O) groups is 4. The van der Waals surface area contributed by atoms with Gasteiger partial charge in [0.15, 0.2) is 5.82 Å². The van der Waals surface area contributed by atoms with Crippen molar-refractivity contribution in [2.75, 3.05) is 69.8 Å². The lowest BCUT2D eigenvalue weighted by molar-refractivity contribution is -0.121. The first-order valence-corrected chi connectivity index (χ1v) is 23.7. The molecule has 0 spiro atoms. The number of pyridine rings is 1. The van der Waals surface area contributed by atoms with Gasteiger partial charge in [0.2, 0.25) is 5.91 Å². The molecule has 3 unspecified atom stereocenters. The summed E-state index contributed by atoms with van der Waals surface area (Å²) in [5.41, 5.74) is 2.05. The van der Waals surface area contributed by atoms with E-state index in [1.54, 1.807) is 30.5 Å². The van der Waals surface area contributed by atoms with Crippen LogP contribution in [0.2, 0.25) is 0 Å². The van der Waals surface area contributed by atoms with E-state index in [4.69, 9.17) is 14.7 Å². The van der Waals surface area contributed by atoms with E-state index in [0.717, 1.165) is 86.1 Å². The van der Waals surface area contributed by atoms with Crippen LogP contribution >= 0.6 is 0 Å². The second-order valence-corrected chi connectivity index (χ2v) is 19.1. The van der Waals surface area contributed by atoms with Gasteiger partial charge in [-0.05, 0) is 99.0 Å². The summed E-state index contributed by atoms with van der Waals surface area (Å²) in [6.07, 6.45) is 8.08. The number of nitrogens with one attached hydrogen (secondary N) is 2. The van der Waals surface area contributed by atoms with Crippen LogP contribution in [-0.4, -0.2) is 132 Å². The number of piperidine rings is 1. The van der Waals surface area contributed by atoms with E-state index < -0.39 is 23.7 Å². The van der Waals surface area contributed by atoms with Gasteiger partial charge in [-0.3, -0.25) is 24.3 Å².